The number of benzene rings is 1. The van der Waals surface area contributed by atoms with E-state index in [1.807, 2.05) is 0 Å². The quantitative estimate of drug-likeness (QED) is 0.709. The van der Waals surface area contributed by atoms with Gasteiger partial charge in [0.2, 0.25) is 0 Å². The molecule has 0 heterocycles. The van der Waals surface area contributed by atoms with Crippen molar-refractivity contribution in [3.05, 3.63) is 35.9 Å². The van der Waals surface area contributed by atoms with E-state index in [2.05, 4.69) is 56.4 Å². The Balaban J connectivity index is 2.48. The molecular weight excluding hydrogens is 206 g/mol. The average molecular weight is 233 g/mol. The molecule has 17 heavy (non-hydrogen) atoms. The SMILES string of the molecule is CCCCC(CNCC(C)C)c1ccccc1. The molecule has 1 heteroatoms. The van der Waals surface area contributed by atoms with E-state index in [0.29, 0.717) is 5.92 Å². The van der Waals surface area contributed by atoms with E-state index in [4.69, 9.17) is 0 Å². The molecule has 1 aromatic rings. The zero-order chi connectivity index (χ0) is 12.5. The summed E-state index contributed by atoms with van der Waals surface area (Å²) in [6.45, 7) is 9.02. The third-order valence-electron chi connectivity index (χ3n) is 3.12. The standard InChI is InChI=1S/C16H27N/c1-4-5-9-16(13-17-12-14(2)3)15-10-7-6-8-11-15/h6-8,10-11,14,16-17H,4-5,9,12-13H2,1-3H3. The monoisotopic (exact) mass is 233 g/mol. The Kier molecular flexibility index (Phi) is 6.95. The molecule has 0 aromatic heterocycles. The largest absolute Gasteiger partial charge is 0.316 e. The fraction of sp³-hybridized carbons (Fsp3) is 0.625. The minimum atomic E-state index is 0.676. The van der Waals surface area contributed by atoms with Crippen LogP contribution in [-0.2, 0) is 0 Å². The van der Waals surface area contributed by atoms with Gasteiger partial charge in [-0.05, 0) is 30.4 Å². The number of nitrogens with one attached hydrogen (secondary N) is 1. The molecular formula is C16H27N. The van der Waals surface area contributed by atoms with Crippen LogP contribution in [0.5, 0.6) is 0 Å². The molecule has 0 saturated heterocycles. The fourth-order valence-electron chi connectivity index (χ4n) is 2.11. The molecule has 0 aliphatic carbocycles. The first kappa shape index (κ1) is 14.2. The van der Waals surface area contributed by atoms with Gasteiger partial charge in [-0.3, -0.25) is 0 Å². The second kappa shape index (κ2) is 8.30. The summed E-state index contributed by atoms with van der Waals surface area (Å²) in [6.07, 6.45) is 3.90. The summed E-state index contributed by atoms with van der Waals surface area (Å²) in [5.41, 5.74) is 1.48. The summed E-state index contributed by atoms with van der Waals surface area (Å²) in [6, 6.07) is 10.9. The molecule has 0 fully saturated rings. The van der Waals surface area contributed by atoms with Crippen LogP contribution >= 0.6 is 0 Å². The van der Waals surface area contributed by atoms with Gasteiger partial charge in [-0.15, -0.1) is 0 Å². The highest BCUT2D eigenvalue weighted by molar-refractivity contribution is 5.19. The highest BCUT2D eigenvalue weighted by atomic mass is 14.9. The van der Waals surface area contributed by atoms with Gasteiger partial charge < -0.3 is 5.32 Å². The number of hydrogen-bond acceptors (Lipinski definition) is 1. The zero-order valence-corrected chi connectivity index (χ0v) is 11.6. The summed E-state index contributed by atoms with van der Waals surface area (Å²) >= 11 is 0. The maximum Gasteiger partial charge on any atom is 0.00202 e. The summed E-state index contributed by atoms with van der Waals surface area (Å²) in [5.74, 6) is 1.41. The molecule has 0 saturated carbocycles. The van der Waals surface area contributed by atoms with Crippen LogP contribution in [0.4, 0.5) is 0 Å². The van der Waals surface area contributed by atoms with Gasteiger partial charge in [0.15, 0.2) is 0 Å². The molecule has 1 nitrogen and oxygen atoms in total. The lowest BCUT2D eigenvalue weighted by atomic mass is 9.93. The Morgan fingerprint density at radius 3 is 2.35 bits per heavy atom. The van der Waals surface area contributed by atoms with E-state index >= 15 is 0 Å². The molecule has 0 amide bonds. The molecule has 0 radical (unpaired) electrons. The zero-order valence-electron chi connectivity index (χ0n) is 11.6. The third-order valence-corrected chi connectivity index (χ3v) is 3.12. The van der Waals surface area contributed by atoms with Gasteiger partial charge in [0.25, 0.3) is 0 Å². The average Bonchev–Trinajstić information content (AvgIpc) is 2.34. The van der Waals surface area contributed by atoms with Crippen LogP contribution in [0.15, 0.2) is 30.3 Å². The molecule has 0 aliphatic heterocycles. The Morgan fingerprint density at radius 2 is 1.76 bits per heavy atom. The molecule has 1 atom stereocenters. The predicted molar refractivity (Wildman–Crippen MR) is 76.4 cm³/mol. The van der Waals surface area contributed by atoms with Crippen LogP contribution in [-0.4, -0.2) is 13.1 Å². The summed E-state index contributed by atoms with van der Waals surface area (Å²) in [7, 11) is 0. The van der Waals surface area contributed by atoms with E-state index < -0.39 is 0 Å². The molecule has 1 N–H and O–H groups in total. The Morgan fingerprint density at radius 1 is 1.06 bits per heavy atom. The van der Waals surface area contributed by atoms with Crippen LogP contribution in [0.25, 0.3) is 0 Å². The van der Waals surface area contributed by atoms with Crippen molar-refractivity contribution in [2.45, 2.75) is 46.0 Å². The molecule has 1 aromatic carbocycles. The number of rotatable bonds is 8. The van der Waals surface area contributed by atoms with Crippen LogP contribution in [0.1, 0.15) is 51.5 Å². The van der Waals surface area contributed by atoms with Gasteiger partial charge in [0.05, 0.1) is 0 Å². The lowest BCUT2D eigenvalue weighted by molar-refractivity contribution is 0.490. The second-order valence-electron chi connectivity index (χ2n) is 5.30. The lowest BCUT2D eigenvalue weighted by Gasteiger charge is -2.18. The maximum absolute atomic E-state index is 3.59. The minimum absolute atomic E-state index is 0.676. The first-order chi connectivity index (χ1) is 8.24. The first-order valence-electron chi connectivity index (χ1n) is 6.99. The summed E-state index contributed by atoms with van der Waals surface area (Å²) < 4.78 is 0. The van der Waals surface area contributed by atoms with E-state index in [-0.39, 0.29) is 0 Å². The highest BCUT2D eigenvalue weighted by Crippen LogP contribution is 2.21. The maximum atomic E-state index is 3.59. The van der Waals surface area contributed by atoms with Gasteiger partial charge in [-0.1, -0.05) is 63.9 Å². The Bertz CT molecular complexity index is 279. The predicted octanol–water partition coefficient (Wildman–Crippen LogP) is 4.21. The van der Waals surface area contributed by atoms with E-state index in [1.54, 1.807) is 0 Å². The first-order valence-corrected chi connectivity index (χ1v) is 6.99. The van der Waals surface area contributed by atoms with Crippen molar-refractivity contribution in [2.75, 3.05) is 13.1 Å². The van der Waals surface area contributed by atoms with E-state index in [1.165, 1.54) is 24.8 Å². The van der Waals surface area contributed by atoms with E-state index in [9.17, 15) is 0 Å². The van der Waals surface area contributed by atoms with Crippen LogP contribution in [0, 0.1) is 5.92 Å². The molecule has 1 rings (SSSR count). The van der Waals surface area contributed by atoms with Crippen molar-refractivity contribution in [3.8, 4) is 0 Å². The molecule has 0 aliphatic rings. The van der Waals surface area contributed by atoms with Crippen molar-refractivity contribution in [3.63, 3.8) is 0 Å². The normalized spacial score (nSPS) is 12.9. The minimum Gasteiger partial charge on any atom is -0.316 e. The fourth-order valence-corrected chi connectivity index (χ4v) is 2.11. The molecule has 0 spiro atoms. The van der Waals surface area contributed by atoms with Crippen LogP contribution < -0.4 is 5.32 Å². The summed E-state index contributed by atoms with van der Waals surface area (Å²) in [4.78, 5) is 0. The van der Waals surface area contributed by atoms with Gasteiger partial charge >= 0.3 is 0 Å². The number of hydrogen-bond donors (Lipinski definition) is 1. The van der Waals surface area contributed by atoms with E-state index in [0.717, 1.165) is 19.0 Å². The molecule has 96 valence electrons. The van der Waals surface area contributed by atoms with Crippen molar-refractivity contribution in [1.82, 2.24) is 5.32 Å². The Hall–Kier alpha value is -0.820. The van der Waals surface area contributed by atoms with Crippen LogP contribution in [0.2, 0.25) is 0 Å². The Labute approximate surface area is 107 Å². The smallest absolute Gasteiger partial charge is 0.00202 e. The summed E-state index contributed by atoms with van der Waals surface area (Å²) in [5, 5.41) is 3.59. The van der Waals surface area contributed by atoms with Crippen LogP contribution in [0.3, 0.4) is 0 Å². The molecule has 0 bridgehead atoms. The number of unbranched alkanes of at least 4 members (excludes halogenated alkanes) is 1. The van der Waals surface area contributed by atoms with Gasteiger partial charge in [0.1, 0.15) is 0 Å². The second-order valence-corrected chi connectivity index (χ2v) is 5.30. The van der Waals surface area contributed by atoms with Crippen molar-refractivity contribution in [1.29, 1.82) is 0 Å². The van der Waals surface area contributed by atoms with Gasteiger partial charge in [0, 0.05) is 6.54 Å². The van der Waals surface area contributed by atoms with Crippen molar-refractivity contribution in [2.24, 2.45) is 5.92 Å². The molecule has 1 unspecified atom stereocenters. The van der Waals surface area contributed by atoms with Gasteiger partial charge in [-0.25, -0.2) is 0 Å². The topological polar surface area (TPSA) is 12.0 Å². The lowest BCUT2D eigenvalue weighted by Crippen LogP contribution is -2.25. The van der Waals surface area contributed by atoms with Crippen molar-refractivity contribution < 1.29 is 0 Å². The highest BCUT2D eigenvalue weighted by Gasteiger charge is 2.10. The van der Waals surface area contributed by atoms with Crippen molar-refractivity contribution >= 4 is 0 Å². The third kappa shape index (κ3) is 5.88. The van der Waals surface area contributed by atoms with Gasteiger partial charge in [-0.2, -0.15) is 0 Å².